The lowest BCUT2D eigenvalue weighted by atomic mass is 10.4. The second-order valence-corrected chi connectivity index (χ2v) is 3.81. The molecule has 0 fully saturated rings. The van der Waals surface area contributed by atoms with Gasteiger partial charge in [-0.2, -0.15) is 0 Å². The monoisotopic (exact) mass is 203 g/mol. The van der Waals surface area contributed by atoms with E-state index < -0.39 is 0 Å². The van der Waals surface area contributed by atoms with E-state index in [0.29, 0.717) is 5.69 Å². The van der Waals surface area contributed by atoms with Gasteiger partial charge in [0.2, 0.25) is 0 Å². The van der Waals surface area contributed by atoms with E-state index in [0.717, 1.165) is 9.79 Å². The van der Waals surface area contributed by atoms with Gasteiger partial charge < -0.3 is 5.73 Å². The highest BCUT2D eigenvalue weighted by Crippen LogP contribution is 2.30. The number of anilines is 1. The Morgan fingerprint density at radius 1 is 1.00 bits per heavy atom. The number of hydrogen-bond acceptors (Lipinski definition) is 4. The number of nitrogen functional groups attached to an aromatic ring is 1. The summed E-state index contributed by atoms with van der Waals surface area (Å²) in [5.41, 5.74) is 6.47. The van der Waals surface area contributed by atoms with Crippen molar-refractivity contribution in [2.24, 2.45) is 0 Å². The van der Waals surface area contributed by atoms with Crippen molar-refractivity contribution in [3.8, 4) is 0 Å². The molecule has 2 aromatic rings. The zero-order valence-electron chi connectivity index (χ0n) is 7.42. The number of nitrogens with two attached hydrogens (primary N) is 1. The smallest absolute Gasteiger partial charge is 0.0642 e. The summed E-state index contributed by atoms with van der Waals surface area (Å²) in [5, 5.41) is 0. The molecule has 70 valence electrons. The fourth-order valence-electron chi connectivity index (χ4n) is 1.02. The van der Waals surface area contributed by atoms with Crippen LogP contribution in [0.1, 0.15) is 0 Å². The van der Waals surface area contributed by atoms with E-state index in [1.54, 1.807) is 36.5 Å². The molecule has 0 saturated heterocycles. The number of rotatable bonds is 2. The van der Waals surface area contributed by atoms with Gasteiger partial charge in [0.05, 0.1) is 11.9 Å². The molecule has 4 heteroatoms. The normalized spacial score (nSPS) is 10.0. The van der Waals surface area contributed by atoms with Crippen LogP contribution in [0.3, 0.4) is 0 Å². The maximum absolute atomic E-state index is 5.77. The van der Waals surface area contributed by atoms with Gasteiger partial charge in [0.15, 0.2) is 0 Å². The molecule has 0 aromatic carbocycles. The van der Waals surface area contributed by atoms with Gasteiger partial charge >= 0.3 is 0 Å². The first-order valence-electron chi connectivity index (χ1n) is 4.13. The Bertz CT molecular complexity index is 417. The van der Waals surface area contributed by atoms with Crippen LogP contribution in [-0.2, 0) is 0 Å². The first-order chi connectivity index (χ1) is 6.86. The summed E-state index contributed by atoms with van der Waals surface area (Å²) in [7, 11) is 0. The molecule has 3 nitrogen and oxygen atoms in total. The fraction of sp³-hybridized carbons (Fsp3) is 0. The van der Waals surface area contributed by atoms with Crippen LogP contribution in [0.25, 0.3) is 0 Å². The third kappa shape index (κ3) is 2.03. The third-order valence-corrected chi connectivity index (χ3v) is 2.79. The molecular formula is C10H9N3S. The molecule has 0 aliphatic heterocycles. The number of pyridine rings is 2. The second-order valence-electron chi connectivity index (χ2n) is 2.70. The van der Waals surface area contributed by atoms with Gasteiger partial charge in [-0.1, -0.05) is 11.8 Å². The van der Waals surface area contributed by atoms with Crippen LogP contribution < -0.4 is 5.73 Å². The van der Waals surface area contributed by atoms with E-state index in [2.05, 4.69) is 9.97 Å². The predicted octanol–water partition coefficient (Wildman–Crippen LogP) is 2.21. The van der Waals surface area contributed by atoms with Crippen molar-refractivity contribution in [2.75, 3.05) is 5.73 Å². The van der Waals surface area contributed by atoms with Crippen molar-refractivity contribution < 1.29 is 0 Å². The molecule has 0 bridgehead atoms. The summed E-state index contributed by atoms with van der Waals surface area (Å²) in [6.45, 7) is 0. The van der Waals surface area contributed by atoms with Crippen molar-refractivity contribution in [1.82, 2.24) is 9.97 Å². The molecule has 0 aliphatic rings. The molecule has 2 heterocycles. The lowest BCUT2D eigenvalue weighted by molar-refractivity contribution is 1.24. The highest BCUT2D eigenvalue weighted by molar-refractivity contribution is 7.99. The Morgan fingerprint density at radius 3 is 2.43 bits per heavy atom. The van der Waals surface area contributed by atoms with Gasteiger partial charge in [0.25, 0.3) is 0 Å². The maximum atomic E-state index is 5.77. The van der Waals surface area contributed by atoms with Crippen molar-refractivity contribution >= 4 is 17.4 Å². The summed E-state index contributed by atoms with van der Waals surface area (Å²) in [6.07, 6.45) is 6.92. The zero-order chi connectivity index (χ0) is 9.80. The average molecular weight is 203 g/mol. The van der Waals surface area contributed by atoms with E-state index in [9.17, 15) is 0 Å². The SMILES string of the molecule is Nc1cnccc1Sc1ccncc1. The number of hydrogen-bond donors (Lipinski definition) is 1. The van der Waals surface area contributed by atoms with Crippen LogP contribution >= 0.6 is 11.8 Å². The molecule has 2 rings (SSSR count). The van der Waals surface area contributed by atoms with Crippen LogP contribution in [0.5, 0.6) is 0 Å². The molecule has 0 saturated carbocycles. The lowest BCUT2D eigenvalue weighted by Crippen LogP contribution is -1.88. The topological polar surface area (TPSA) is 51.8 Å². The molecule has 0 atom stereocenters. The van der Waals surface area contributed by atoms with Crippen LogP contribution in [0.4, 0.5) is 5.69 Å². The molecule has 0 radical (unpaired) electrons. The fourth-order valence-corrected chi connectivity index (χ4v) is 1.83. The third-order valence-electron chi connectivity index (χ3n) is 1.69. The van der Waals surface area contributed by atoms with Crippen LogP contribution in [0.15, 0.2) is 52.8 Å². The van der Waals surface area contributed by atoms with Gasteiger partial charge in [-0.15, -0.1) is 0 Å². The van der Waals surface area contributed by atoms with Gasteiger partial charge in [-0.3, -0.25) is 9.97 Å². The van der Waals surface area contributed by atoms with E-state index >= 15 is 0 Å². The van der Waals surface area contributed by atoms with E-state index in [-0.39, 0.29) is 0 Å². The van der Waals surface area contributed by atoms with E-state index in [4.69, 9.17) is 5.73 Å². The molecule has 0 aliphatic carbocycles. The first-order valence-corrected chi connectivity index (χ1v) is 4.95. The van der Waals surface area contributed by atoms with Crippen molar-refractivity contribution in [3.05, 3.63) is 43.0 Å². The first kappa shape index (κ1) is 9.02. The Balaban J connectivity index is 2.24. The van der Waals surface area contributed by atoms with Gasteiger partial charge in [-0.25, -0.2) is 0 Å². The Kier molecular flexibility index (Phi) is 2.65. The van der Waals surface area contributed by atoms with Gasteiger partial charge in [-0.05, 0) is 18.2 Å². The highest BCUT2D eigenvalue weighted by atomic mass is 32.2. The largest absolute Gasteiger partial charge is 0.397 e. The molecule has 2 N–H and O–H groups in total. The number of nitrogens with zero attached hydrogens (tertiary/aromatic N) is 2. The van der Waals surface area contributed by atoms with Gasteiger partial charge in [0, 0.05) is 28.4 Å². The zero-order valence-corrected chi connectivity index (χ0v) is 8.24. The summed E-state index contributed by atoms with van der Waals surface area (Å²) in [4.78, 5) is 10.0. The van der Waals surface area contributed by atoms with Crippen molar-refractivity contribution in [3.63, 3.8) is 0 Å². The average Bonchev–Trinajstić information content (AvgIpc) is 2.23. The van der Waals surface area contributed by atoms with E-state index in [1.807, 2.05) is 18.2 Å². The molecule has 0 amide bonds. The maximum Gasteiger partial charge on any atom is 0.0642 e. The molecule has 14 heavy (non-hydrogen) atoms. The van der Waals surface area contributed by atoms with Crippen LogP contribution in [0.2, 0.25) is 0 Å². The lowest BCUT2D eigenvalue weighted by Gasteiger charge is -2.03. The summed E-state index contributed by atoms with van der Waals surface area (Å²) in [5.74, 6) is 0. The Morgan fingerprint density at radius 2 is 1.71 bits per heavy atom. The minimum Gasteiger partial charge on any atom is -0.397 e. The Hall–Kier alpha value is -1.55. The van der Waals surface area contributed by atoms with Crippen LogP contribution in [0, 0.1) is 0 Å². The van der Waals surface area contributed by atoms with Crippen molar-refractivity contribution in [2.45, 2.75) is 9.79 Å². The Labute approximate surface area is 86.4 Å². The van der Waals surface area contributed by atoms with Crippen LogP contribution in [-0.4, -0.2) is 9.97 Å². The second kappa shape index (κ2) is 4.11. The molecule has 0 unspecified atom stereocenters. The van der Waals surface area contributed by atoms with Gasteiger partial charge in [0.1, 0.15) is 0 Å². The molecule has 2 aromatic heterocycles. The minimum absolute atomic E-state index is 0.703. The predicted molar refractivity (Wildman–Crippen MR) is 57.0 cm³/mol. The summed E-state index contributed by atoms with van der Waals surface area (Å²) >= 11 is 1.61. The standard InChI is InChI=1S/C10H9N3S/c11-9-7-13-6-3-10(9)14-8-1-4-12-5-2-8/h1-7H,11H2. The summed E-state index contributed by atoms with van der Waals surface area (Å²) < 4.78 is 0. The van der Waals surface area contributed by atoms with E-state index in [1.165, 1.54) is 0 Å². The minimum atomic E-state index is 0.703. The number of aromatic nitrogens is 2. The van der Waals surface area contributed by atoms with Crippen molar-refractivity contribution in [1.29, 1.82) is 0 Å². The highest BCUT2D eigenvalue weighted by Gasteiger charge is 2.00. The summed E-state index contributed by atoms with van der Waals surface area (Å²) in [6, 6.07) is 5.80. The quantitative estimate of drug-likeness (QED) is 0.813. The molecular weight excluding hydrogens is 194 g/mol. The molecule has 0 spiro atoms.